The SMILES string of the molecule is CCOc1ccc2nc(N3C(=O)C(=O)/C(=C(\O)c4ccc5c(c4)CC(C)O5)C3c3cccc([N+](=O)[O-])c3)sc2c1. The van der Waals surface area contributed by atoms with Crippen LogP contribution in [0.2, 0.25) is 0 Å². The van der Waals surface area contributed by atoms with Crippen molar-refractivity contribution in [3.05, 3.63) is 93.0 Å². The lowest BCUT2D eigenvalue weighted by atomic mass is 9.94. The van der Waals surface area contributed by atoms with Gasteiger partial charge in [-0.25, -0.2) is 4.98 Å². The molecule has 4 aromatic rings. The molecule has 0 saturated carbocycles. The lowest BCUT2D eigenvalue weighted by molar-refractivity contribution is -0.384. The number of thiazole rings is 1. The largest absolute Gasteiger partial charge is 0.507 e. The molecule has 2 aliphatic rings. The predicted octanol–water partition coefficient (Wildman–Crippen LogP) is 5.55. The zero-order valence-electron chi connectivity index (χ0n) is 21.5. The Morgan fingerprint density at radius 1 is 1.20 bits per heavy atom. The normalized spacial score (nSPS) is 19.6. The van der Waals surface area contributed by atoms with E-state index in [4.69, 9.17) is 9.47 Å². The second-order valence-electron chi connectivity index (χ2n) is 9.54. The number of rotatable bonds is 6. The van der Waals surface area contributed by atoms with E-state index in [-0.39, 0.29) is 28.3 Å². The summed E-state index contributed by atoms with van der Waals surface area (Å²) in [5.74, 6) is -0.842. The second-order valence-corrected chi connectivity index (χ2v) is 10.5. The number of aromatic nitrogens is 1. The van der Waals surface area contributed by atoms with E-state index >= 15 is 0 Å². The summed E-state index contributed by atoms with van der Waals surface area (Å²) in [5, 5.41) is 23.3. The Kier molecular flexibility index (Phi) is 6.22. The fraction of sp³-hybridized carbons (Fsp3) is 0.207. The number of benzene rings is 3. The maximum Gasteiger partial charge on any atom is 0.301 e. The van der Waals surface area contributed by atoms with Gasteiger partial charge in [-0.15, -0.1) is 0 Å². The molecule has 0 radical (unpaired) electrons. The Morgan fingerprint density at radius 3 is 2.80 bits per heavy atom. The summed E-state index contributed by atoms with van der Waals surface area (Å²) in [6.45, 7) is 4.28. The van der Waals surface area contributed by atoms with Crippen molar-refractivity contribution in [3.8, 4) is 11.5 Å². The number of aliphatic hydroxyl groups excluding tert-OH is 1. The van der Waals surface area contributed by atoms with Gasteiger partial charge < -0.3 is 14.6 Å². The maximum atomic E-state index is 13.6. The molecule has 0 spiro atoms. The Hall–Kier alpha value is -4.77. The number of carbonyl (C=O) groups excluding carboxylic acids is 2. The number of ketones is 1. The van der Waals surface area contributed by atoms with Crippen LogP contribution >= 0.6 is 11.3 Å². The maximum absolute atomic E-state index is 13.6. The third kappa shape index (κ3) is 4.24. The molecule has 1 fully saturated rings. The summed E-state index contributed by atoms with van der Waals surface area (Å²) in [5.41, 5.74) is 1.71. The summed E-state index contributed by atoms with van der Waals surface area (Å²) in [6, 6.07) is 14.9. The van der Waals surface area contributed by atoms with Crippen LogP contribution in [0, 0.1) is 10.1 Å². The number of carbonyl (C=O) groups is 2. The van der Waals surface area contributed by atoms with E-state index < -0.39 is 22.7 Å². The molecule has 0 aliphatic carbocycles. The van der Waals surface area contributed by atoms with E-state index in [1.165, 1.54) is 34.4 Å². The number of nitrogens with zero attached hydrogens (tertiary/aromatic N) is 3. The molecule has 10 nitrogen and oxygen atoms in total. The van der Waals surface area contributed by atoms with E-state index in [2.05, 4.69) is 4.98 Å². The van der Waals surface area contributed by atoms with E-state index in [0.717, 1.165) is 10.3 Å². The summed E-state index contributed by atoms with van der Waals surface area (Å²) < 4.78 is 12.1. The summed E-state index contributed by atoms with van der Waals surface area (Å²) >= 11 is 1.18. The zero-order valence-corrected chi connectivity index (χ0v) is 22.3. The van der Waals surface area contributed by atoms with Gasteiger partial charge in [0.1, 0.15) is 23.4 Å². The van der Waals surface area contributed by atoms with Gasteiger partial charge in [0.2, 0.25) is 0 Å². The standard InChI is InChI=1S/C29H23N3O7S/c1-3-38-20-8-9-21-23(14-20)40-29(30-21)31-25(16-5-4-6-19(13-16)32(36)37)24(27(34)28(31)35)26(33)17-7-10-22-18(12-17)11-15(2)39-22/h4-10,12-15,25,33H,3,11H2,1-2H3/b26-24-. The van der Waals surface area contributed by atoms with Crippen molar-refractivity contribution in [1.82, 2.24) is 4.98 Å². The average molecular weight is 558 g/mol. The monoisotopic (exact) mass is 557 g/mol. The van der Waals surface area contributed by atoms with Gasteiger partial charge in [-0.1, -0.05) is 23.5 Å². The molecule has 6 rings (SSSR count). The number of fused-ring (bicyclic) bond motifs is 2. The highest BCUT2D eigenvalue weighted by molar-refractivity contribution is 7.22. The molecular weight excluding hydrogens is 534 g/mol. The van der Waals surface area contributed by atoms with Crippen molar-refractivity contribution in [2.24, 2.45) is 0 Å². The van der Waals surface area contributed by atoms with Crippen LogP contribution in [0.25, 0.3) is 16.0 Å². The lowest BCUT2D eigenvalue weighted by Crippen LogP contribution is -2.29. The fourth-order valence-corrected chi connectivity index (χ4v) is 6.15. The molecule has 2 atom stereocenters. The summed E-state index contributed by atoms with van der Waals surface area (Å²) in [6.07, 6.45) is 0.610. The molecule has 2 unspecified atom stereocenters. The molecule has 3 heterocycles. The van der Waals surface area contributed by atoms with Crippen LogP contribution in [0.15, 0.2) is 66.2 Å². The number of hydrogen-bond donors (Lipinski definition) is 1. The predicted molar refractivity (Wildman–Crippen MR) is 149 cm³/mol. The van der Waals surface area contributed by atoms with E-state index in [0.29, 0.717) is 41.2 Å². The Labute approximate surface area is 232 Å². The molecule has 202 valence electrons. The van der Waals surface area contributed by atoms with Crippen LogP contribution < -0.4 is 14.4 Å². The van der Waals surface area contributed by atoms with Gasteiger partial charge >= 0.3 is 5.91 Å². The zero-order chi connectivity index (χ0) is 28.1. The van der Waals surface area contributed by atoms with Crippen molar-refractivity contribution >= 4 is 49.8 Å². The number of anilines is 1. The van der Waals surface area contributed by atoms with E-state index in [9.17, 15) is 24.8 Å². The van der Waals surface area contributed by atoms with Gasteiger partial charge in [0.15, 0.2) is 5.13 Å². The van der Waals surface area contributed by atoms with Gasteiger partial charge in [-0.3, -0.25) is 24.6 Å². The number of nitro groups is 1. The van der Waals surface area contributed by atoms with Crippen molar-refractivity contribution in [1.29, 1.82) is 0 Å². The van der Waals surface area contributed by atoms with Crippen LogP contribution in [-0.4, -0.2) is 39.4 Å². The smallest absolute Gasteiger partial charge is 0.301 e. The topological polar surface area (TPSA) is 132 Å². The molecular formula is C29H23N3O7S. The molecule has 1 amide bonds. The summed E-state index contributed by atoms with van der Waals surface area (Å²) in [4.78, 5) is 43.9. The minimum absolute atomic E-state index is 0.0230. The quantitative estimate of drug-likeness (QED) is 0.107. The van der Waals surface area contributed by atoms with Crippen molar-refractivity contribution in [3.63, 3.8) is 0 Å². The number of nitro benzene ring substituents is 1. The molecule has 1 N–H and O–H groups in total. The average Bonchev–Trinajstić information content (AvgIpc) is 3.60. The van der Waals surface area contributed by atoms with E-state index in [1.54, 1.807) is 42.5 Å². The fourth-order valence-electron chi connectivity index (χ4n) is 5.13. The number of amides is 1. The van der Waals surface area contributed by atoms with Gasteiger partial charge in [0, 0.05) is 24.1 Å². The van der Waals surface area contributed by atoms with Gasteiger partial charge in [-0.2, -0.15) is 0 Å². The van der Waals surface area contributed by atoms with E-state index in [1.807, 2.05) is 13.8 Å². The first-order valence-electron chi connectivity index (χ1n) is 12.6. The highest BCUT2D eigenvalue weighted by atomic mass is 32.1. The summed E-state index contributed by atoms with van der Waals surface area (Å²) in [7, 11) is 0. The first-order chi connectivity index (χ1) is 19.2. The Morgan fingerprint density at radius 2 is 2.02 bits per heavy atom. The van der Waals surface area contributed by atoms with Crippen LogP contribution in [-0.2, 0) is 16.0 Å². The van der Waals surface area contributed by atoms with Crippen LogP contribution in [0.3, 0.4) is 0 Å². The molecule has 40 heavy (non-hydrogen) atoms. The third-order valence-electron chi connectivity index (χ3n) is 6.88. The molecule has 11 heteroatoms. The minimum atomic E-state index is -1.14. The Bertz CT molecular complexity index is 1740. The second kappa shape index (κ2) is 9.76. The lowest BCUT2D eigenvalue weighted by Gasteiger charge is -2.22. The highest BCUT2D eigenvalue weighted by Gasteiger charge is 2.48. The van der Waals surface area contributed by atoms with Gasteiger partial charge in [0.05, 0.1) is 33.4 Å². The Balaban J connectivity index is 1.53. The van der Waals surface area contributed by atoms with Crippen molar-refractivity contribution < 1.29 is 29.1 Å². The highest BCUT2D eigenvalue weighted by Crippen LogP contribution is 2.45. The number of Topliss-reactive ketones (excluding diaryl/α,β-unsaturated/α-hetero) is 1. The molecule has 2 aliphatic heterocycles. The number of non-ortho nitro benzene ring substituents is 1. The number of aliphatic hydroxyl groups is 1. The first kappa shape index (κ1) is 25.5. The first-order valence-corrected chi connectivity index (χ1v) is 13.5. The molecule has 0 bridgehead atoms. The molecule has 1 saturated heterocycles. The van der Waals surface area contributed by atoms with Crippen LogP contribution in [0.5, 0.6) is 11.5 Å². The molecule has 3 aromatic carbocycles. The minimum Gasteiger partial charge on any atom is -0.507 e. The third-order valence-corrected chi connectivity index (χ3v) is 7.89. The molecule has 1 aromatic heterocycles. The van der Waals surface area contributed by atoms with Crippen molar-refractivity contribution in [2.45, 2.75) is 32.4 Å². The van der Waals surface area contributed by atoms with Gasteiger partial charge in [-0.05, 0) is 61.4 Å². The van der Waals surface area contributed by atoms with Crippen LogP contribution in [0.1, 0.15) is 36.6 Å². The van der Waals surface area contributed by atoms with Crippen LogP contribution in [0.4, 0.5) is 10.8 Å². The number of hydrogen-bond acceptors (Lipinski definition) is 9. The van der Waals surface area contributed by atoms with Crippen molar-refractivity contribution in [2.75, 3.05) is 11.5 Å². The number of ether oxygens (including phenoxy) is 2. The van der Waals surface area contributed by atoms with Gasteiger partial charge in [0.25, 0.3) is 11.5 Å².